The van der Waals surface area contributed by atoms with Gasteiger partial charge in [0, 0.05) is 27.4 Å². The Kier molecular flexibility index (Phi) is 7.95. The number of rotatable bonds is 9. The number of nitrogens with one attached hydrogen (secondary N) is 1. The summed E-state index contributed by atoms with van der Waals surface area (Å²) in [6, 6.07) is 18.6. The topological polar surface area (TPSA) is 108 Å². The highest BCUT2D eigenvalue weighted by Crippen LogP contribution is 2.41. The Balaban J connectivity index is 1.46. The molecule has 0 radical (unpaired) electrons. The van der Waals surface area contributed by atoms with Crippen LogP contribution in [0.4, 0.5) is 5.69 Å². The van der Waals surface area contributed by atoms with Gasteiger partial charge in [-0.1, -0.05) is 24.3 Å². The number of methoxy groups -OCH3 is 1. The van der Waals surface area contributed by atoms with Crippen molar-refractivity contribution in [2.24, 2.45) is 5.73 Å². The van der Waals surface area contributed by atoms with Gasteiger partial charge in [0.25, 0.3) is 0 Å². The van der Waals surface area contributed by atoms with Gasteiger partial charge in [0.2, 0.25) is 5.91 Å². The fourth-order valence-electron chi connectivity index (χ4n) is 4.99. The van der Waals surface area contributed by atoms with E-state index in [4.69, 9.17) is 15.6 Å². The molecule has 0 aliphatic carbocycles. The lowest BCUT2D eigenvalue weighted by atomic mass is 9.97. The SMILES string of the molecule is COc1cc(Cc2c(-c3ccc(NC(=O)C(N)CO)cc3)sc3cc(O)ccc23)ccc1CN1CCCC1. The largest absolute Gasteiger partial charge is 0.508 e. The highest BCUT2D eigenvalue weighted by molar-refractivity contribution is 7.22. The number of likely N-dealkylation sites (tertiary alicyclic amines) is 1. The molecule has 8 heteroatoms. The molecule has 1 fully saturated rings. The summed E-state index contributed by atoms with van der Waals surface area (Å²) < 4.78 is 6.80. The highest BCUT2D eigenvalue weighted by atomic mass is 32.1. The van der Waals surface area contributed by atoms with Crippen molar-refractivity contribution in [1.82, 2.24) is 4.90 Å². The summed E-state index contributed by atoms with van der Waals surface area (Å²) >= 11 is 1.63. The molecule has 38 heavy (non-hydrogen) atoms. The molecule has 1 atom stereocenters. The van der Waals surface area contributed by atoms with E-state index in [1.807, 2.05) is 30.3 Å². The third kappa shape index (κ3) is 5.68. The molecule has 0 bridgehead atoms. The average molecular weight is 532 g/mol. The zero-order chi connectivity index (χ0) is 26.6. The Morgan fingerprint density at radius 1 is 1.11 bits per heavy atom. The first-order valence-corrected chi connectivity index (χ1v) is 13.7. The van der Waals surface area contributed by atoms with Crippen molar-refractivity contribution >= 4 is 33.0 Å². The Hall–Kier alpha value is -3.43. The lowest BCUT2D eigenvalue weighted by Crippen LogP contribution is -2.38. The van der Waals surface area contributed by atoms with Crippen molar-refractivity contribution in [2.75, 3.05) is 32.1 Å². The summed E-state index contributed by atoms with van der Waals surface area (Å²) in [5.41, 5.74) is 10.8. The van der Waals surface area contributed by atoms with Crippen LogP contribution in [0.25, 0.3) is 20.5 Å². The number of phenolic OH excluding ortho intramolecular Hbond substituents is 1. The number of aliphatic hydroxyl groups excluding tert-OH is 1. The van der Waals surface area contributed by atoms with Crippen LogP contribution in [0, 0.1) is 0 Å². The van der Waals surface area contributed by atoms with E-state index in [0.717, 1.165) is 51.5 Å². The third-order valence-electron chi connectivity index (χ3n) is 7.05. The minimum atomic E-state index is -0.963. The third-order valence-corrected chi connectivity index (χ3v) is 8.29. The van der Waals surface area contributed by atoms with Gasteiger partial charge in [-0.25, -0.2) is 0 Å². The summed E-state index contributed by atoms with van der Waals surface area (Å²) in [4.78, 5) is 15.6. The predicted molar refractivity (Wildman–Crippen MR) is 153 cm³/mol. The summed E-state index contributed by atoms with van der Waals surface area (Å²) in [7, 11) is 1.73. The van der Waals surface area contributed by atoms with E-state index in [1.165, 1.54) is 24.0 Å². The maximum atomic E-state index is 12.0. The summed E-state index contributed by atoms with van der Waals surface area (Å²) in [5, 5.41) is 23.1. The van der Waals surface area contributed by atoms with Crippen molar-refractivity contribution < 1.29 is 19.7 Å². The van der Waals surface area contributed by atoms with Crippen LogP contribution < -0.4 is 15.8 Å². The van der Waals surface area contributed by atoms with Crippen molar-refractivity contribution in [3.05, 3.63) is 77.4 Å². The molecule has 2 heterocycles. The molecular formula is C30H33N3O4S. The number of carbonyl (C=O) groups is 1. The summed E-state index contributed by atoms with van der Waals surface area (Å²) in [6.07, 6.45) is 3.23. The lowest BCUT2D eigenvalue weighted by Gasteiger charge is -2.18. The maximum Gasteiger partial charge on any atom is 0.243 e. The summed E-state index contributed by atoms with van der Waals surface area (Å²) in [6.45, 7) is 2.77. The van der Waals surface area contributed by atoms with Gasteiger partial charge in [0.1, 0.15) is 17.5 Å². The van der Waals surface area contributed by atoms with E-state index in [0.29, 0.717) is 12.1 Å². The number of phenols is 1. The maximum absolute atomic E-state index is 12.0. The Bertz CT molecular complexity index is 1430. The van der Waals surface area contributed by atoms with Gasteiger partial charge in [-0.2, -0.15) is 0 Å². The van der Waals surface area contributed by atoms with Gasteiger partial charge < -0.3 is 26.0 Å². The second-order valence-electron chi connectivity index (χ2n) is 9.75. The van der Waals surface area contributed by atoms with E-state index in [9.17, 15) is 9.90 Å². The first-order valence-electron chi connectivity index (χ1n) is 12.9. The molecule has 3 aromatic carbocycles. The van der Waals surface area contributed by atoms with Crippen LogP contribution >= 0.6 is 11.3 Å². The monoisotopic (exact) mass is 531 g/mol. The number of hydrogen-bond acceptors (Lipinski definition) is 7. The first kappa shape index (κ1) is 26.2. The molecule has 0 saturated carbocycles. The van der Waals surface area contributed by atoms with Crippen molar-refractivity contribution in [2.45, 2.75) is 31.8 Å². The number of anilines is 1. The molecule has 1 aromatic heterocycles. The number of ether oxygens (including phenoxy) is 1. The van der Waals surface area contributed by atoms with Crippen LogP contribution in [0.3, 0.4) is 0 Å². The number of thiophene rings is 1. The van der Waals surface area contributed by atoms with Crippen LogP contribution in [0.15, 0.2) is 60.7 Å². The zero-order valence-electron chi connectivity index (χ0n) is 21.4. The number of carbonyl (C=O) groups excluding carboxylic acids is 1. The molecule has 0 spiro atoms. The van der Waals surface area contributed by atoms with E-state index >= 15 is 0 Å². The number of aliphatic hydroxyl groups is 1. The van der Waals surface area contributed by atoms with Gasteiger partial charge in [0.05, 0.1) is 13.7 Å². The quantitative estimate of drug-likeness (QED) is 0.249. The fraction of sp³-hybridized carbons (Fsp3) is 0.300. The minimum Gasteiger partial charge on any atom is -0.508 e. The van der Waals surface area contributed by atoms with Gasteiger partial charge in [-0.05, 0) is 90.8 Å². The molecule has 1 unspecified atom stereocenters. The molecule has 1 saturated heterocycles. The van der Waals surface area contributed by atoms with E-state index < -0.39 is 18.6 Å². The smallest absolute Gasteiger partial charge is 0.243 e. The second kappa shape index (κ2) is 11.5. The number of amides is 1. The number of nitrogens with zero attached hydrogens (tertiary/aromatic N) is 1. The normalized spacial score (nSPS) is 14.6. The van der Waals surface area contributed by atoms with Gasteiger partial charge in [-0.3, -0.25) is 9.69 Å². The predicted octanol–water partition coefficient (Wildman–Crippen LogP) is 4.73. The molecule has 1 aliphatic rings. The molecule has 1 aliphatic heterocycles. The zero-order valence-corrected chi connectivity index (χ0v) is 22.3. The molecule has 1 amide bonds. The number of hydrogen-bond donors (Lipinski definition) is 4. The average Bonchev–Trinajstić information content (AvgIpc) is 3.57. The van der Waals surface area contributed by atoms with E-state index in [-0.39, 0.29) is 5.75 Å². The lowest BCUT2D eigenvalue weighted by molar-refractivity contribution is -0.118. The number of nitrogens with two attached hydrogens (primary N) is 1. The number of aromatic hydroxyl groups is 1. The molecule has 7 nitrogen and oxygen atoms in total. The van der Waals surface area contributed by atoms with Gasteiger partial charge >= 0.3 is 0 Å². The number of benzene rings is 3. The fourth-order valence-corrected chi connectivity index (χ4v) is 6.25. The Morgan fingerprint density at radius 3 is 2.58 bits per heavy atom. The highest BCUT2D eigenvalue weighted by Gasteiger charge is 2.18. The van der Waals surface area contributed by atoms with Crippen LogP contribution in [0.1, 0.15) is 29.5 Å². The van der Waals surface area contributed by atoms with Gasteiger partial charge in [-0.15, -0.1) is 11.3 Å². The standard InChI is InChI=1S/C30H33N3O4S/c1-37-27-15-19(4-5-21(27)17-33-12-2-3-13-33)14-25-24-11-10-23(35)16-28(24)38-29(25)20-6-8-22(9-7-20)32-30(36)26(31)18-34/h4-11,15-16,26,34-35H,2-3,12-14,17-18,31H2,1H3,(H,32,36). The Morgan fingerprint density at radius 2 is 1.87 bits per heavy atom. The van der Waals surface area contributed by atoms with Crippen LogP contribution in [0.5, 0.6) is 11.5 Å². The van der Waals surface area contributed by atoms with Crippen LogP contribution in [0.2, 0.25) is 0 Å². The second-order valence-corrected chi connectivity index (χ2v) is 10.8. The van der Waals surface area contributed by atoms with Crippen molar-refractivity contribution in [3.8, 4) is 21.9 Å². The number of fused-ring (bicyclic) bond motifs is 1. The first-order chi connectivity index (χ1) is 18.4. The van der Waals surface area contributed by atoms with Gasteiger partial charge in [0.15, 0.2) is 0 Å². The molecular weight excluding hydrogens is 498 g/mol. The van der Waals surface area contributed by atoms with Crippen molar-refractivity contribution in [3.63, 3.8) is 0 Å². The molecule has 5 N–H and O–H groups in total. The molecule has 5 rings (SSSR count). The van der Waals surface area contributed by atoms with E-state index in [1.54, 1.807) is 30.6 Å². The molecule has 198 valence electrons. The Labute approximate surface area is 226 Å². The minimum absolute atomic E-state index is 0.239. The van der Waals surface area contributed by atoms with Crippen molar-refractivity contribution in [1.29, 1.82) is 0 Å². The van der Waals surface area contributed by atoms with Crippen LogP contribution in [-0.4, -0.2) is 53.9 Å². The molecule has 4 aromatic rings. The van der Waals surface area contributed by atoms with Crippen LogP contribution in [-0.2, 0) is 17.8 Å². The summed E-state index contributed by atoms with van der Waals surface area (Å²) in [5.74, 6) is 0.720. The van der Waals surface area contributed by atoms with E-state index in [2.05, 4.69) is 28.4 Å².